The lowest BCUT2D eigenvalue weighted by molar-refractivity contribution is -0.119. The van der Waals surface area contributed by atoms with Crippen LogP contribution in [0.5, 0.6) is 0 Å². The van der Waals surface area contributed by atoms with Gasteiger partial charge in [-0.3, -0.25) is 4.79 Å². The average molecular weight is 406 g/mol. The van der Waals surface area contributed by atoms with Crippen molar-refractivity contribution in [2.45, 2.75) is 50.8 Å². The summed E-state index contributed by atoms with van der Waals surface area (Å²) in [6.45, 7) is 2.08. The smallest absolute Gasteiger partial charge is 0.230 e. The van der Waals surface area contributed by atoms with E-state index in [4.69, 9.17) is 11.6 Å². The topological polar surface area (TPSA) is 29.1 Å². The zero-order chi connectivity index (χ0) is 19.2. The molecule has 1 amide bonds. The SMILES string of the molecule is CC[C@H](NC(=O)CSCc1c(F)cccc1Cl)c1ccc2c(c1)CCCC2. The Bertz CT molecular complexity index is 791. The minimum Gasteiger partial charge on any atom is -0.349 e. The molecule has 5 heteroatoms. The summed E-state index contributed by atoms with van der Waals surface area (Å²) < 4.78 is 13.8. The van der Waals surface area contributed by atoms with Gasteiger partial charge in [-0.2, -0.15) is 0 Å². The Balaban J connectivity index is 1.56. The molecular weight excluding hydrogens is 381 g/mol. The summed E-state index contributed by atoms with van der Waals surface area (Å²) in [6, 6.07) is 11.3. The predicted octanol–water partition coefficient (Wildman–Crippen LogP) is 5.86. The van der Waals surface area contributed by atoms with Crippen LogP contribution in [0.2, 0.25) is 5.02 Å². The van der Waals surface area contributed by atoms with Crippen molar-refractivity contribution in [1.29, 1.82) is 0 Å². The zero-order valence-electron chi connectivity index (χ0n) is 15.6. The van der Waals surface area contributed by atoms with Crippen LogP contribution in [0.25, 0.3) is 0 Å². The molecule has 0 saturated carbocycles. The van der Waals surface area contributed by atoms with Crippen LogP contribution in [0.4, 0.5) is 4.39 Å². The second-order valence-corrected chi connectivity index (χ2v) is 8.35. The number of nitrogens with one attached hydrogen (secondary N) is 1. The first-order valence-electron chi connectivity index (χ1n) is 9.50. The van der Waals surface area contributed by atoms with E-state index in [0.717, 1.165) is 19.3 Å². The number of fused-ring (bicyclic) bond motifs is 1. The Kier molecular flexibility index (Phi) is 7.20. The summed E-state index contributed by atoms with van der Waals surface area (Å²) in [6.07, 6.45) is 5.65. The van der Waals surface area contributed by atoms with Crippen LogP contribution in [-0.2, 0) is 23.4 Å². The van der Waals surface area contributed by atoms with Gasteiger partial charge in [0.25, 0.3) is 0 Å². The molecular formula is C22H25ClFNOS. The van der Waals surface area contributed by atoms with Gasteiger partial charge in [-0.05, 0) is 60.9 Å². The van der Waals surface area contributed by atoms with E-state index >= 15 is 0 Å². The van der Waals surface area contributed by atoms with Crippen molar-refractivity contribution < 1.29 is 9.18 Å². The average Bonchev–Trinajstić information content (AvgIpc) is 2.68. The number of hydrogen-bond acceptors (Lipinski definition) is 2. The molecule has 0 saturated heterocycles. The fourth-order valence-electron chi connectivity index (χ4n) is 3.54. The van der Waals surface area contributed by atoms with Gasteiger partial charge in [-0.25, -0.2) is 4.39 Å². The summed E-state index contributed by atoms with van der Waals surface area (Å²) in [5.41, 5.74) is 4.51. The van der Waals surface area contributed by atoms with E-state index in [0.29, 0.717) is 16.3 Å². The number of benzene rings is 2. The summed E-state index contributed by atoms with van der Waals surface area (Å²) >= 11 is 7.41. The lowest BCUT2D eigenvalue weighted by atomic mass is 9.89. The molecule has 0 unspecified atom stereocenters. The van der Waals surface area contributed by atoms with Gasteiger partial charge in [0.2, 0.25) is 5.91 Å². The monoisotopic (exact) mass is 405 g/mol. The second kappa shape index (κ2) is 9.61. The summed E-state index contributed by atoms with van der Waals surface area (Å²) in [5, 5.41) is 3.52. The van der Waals surface area contributed by atoms with Crippen LogP contribution in [0, 0.1) is 5.82 Å². The molecule has 2 aromatic carbocycles. The summed E-state index contributed by atoms with van der Waals surface area (Å²) in [4.78, 5) is 12.4. The van der Waals surface area contributed by atoms with Gasteiger partial charge in [0.1, 0.15) is 5.82 Å². The van der Waals surface area contributed by atoms with Gasteiger partial charge in [-0.15, -0.1) is 11.8 Å². The van der Waals surface area contributed by atoms with Gasteiger partial charge in [-0.1, -0.05) is 42.8 Å². The molecule has 0 aromatic heterocycles. The highest BCUT2D eigenvalue weighted by Crippen LogP contribution is 2.27. The number of rotatable bonds is 7. The third kappa shape index (κ3) is 5.26. The zero-order valence-corrected chi connectivity index (χ0v) is 17.1. The van der Waals surface area contributed by atoms with Gasteiger partial charge >= 0.3 is 0 Å². The van der Waals surface area contributed by atoms with Crippen LogP contribution < -0.4 is 5.32 Å². The van der Waals surface area contributed by atoms with Crippen molar-refractivity contribution in [3.05, 3.63) is 69.5 Å². The number of carbonyl (C=O) groups excluding carboxylic acids is 1. The molecule has 144 valence electrons. The first kappa shape index (κ1) is 20.2. The van der Waals surface area contributed by atoms with E-state index < -0.39 is 0 Å². The maximum Gasteiger partial charge on any atom is 0.230 e. The first-order chi connectivity index (χ1) is 13.1. The minimum atomic E-state index is -0.323. The Hall–Kier alpha value is -1.52. The van der Waals surface area contributed by atoms with E-state index in [1.54, 1.807) is 12.1 Å². The van der Waals surface area contributed by atoms with E-state index in [2.05, 4.69) is 30.4 Å². The molecule has 3 rings (SSSR count). The quantitative estimate of drug-likeness (QED) is 0.625. The van der Waals surface area contributed by atoms with Crippen LogP contribution >= 0.6 is 23.4 Å². The first-order valence-corrected chi connectivity index (χ1v) is 11.0. The van der Waals surface area contributed by atoms with Crippen molar-refractivity contribution >= 4 is 29.3 Å². The van der Waals surface area contributed by atoms with Crippen LogP contribution in [0.15, 0.2) is 36.4 Å². The molecule has 0 radical (unpaired) electrons. The molecule has 0 spiro atoms. The van der Waals surface area contributed by atoms with Gasteiger partial charge in [0.05, 0.1) is 11.8 Å². The number of thioether (sulfide) groups is 1. The number of carbonyl (C=O) groups is 1. The standard InChI is InChI=1S/C22H25ClFNOS/c1-2-21(17-11-10-15-6-3-4-7-16(15)12-17)25-22(26)14-27-13-18-19(23)8-5-9-20(18)24/h5,8-12,21H,2-4,6-7,13-14H2,1H3,(H,25,26)/t21-/m0/s1. The molecule has 2 aromatic rings. The third-order valence-electron chi connectivity index (χ3n) is 5.06. The summed E-state index contributed by atoms with van der Waals surface area (Å²) in [7, 11) is 0. The van der Waals surface area contributed by atoms with Crippen LogP contribution in [0.1, 0.15) is 54.5 Å². The van der Waals surface area contributed by atoms with E-state index in [-0.39, 0.29) is 23.5 Å². The fourth-order valence-corrected chi connectivity index (χ4v) is 4.72. The molecule has 2 nitrogen and oxygen atoms in total. The summed E-state index contributed by atoms with van der Waals surface area (Å²) in [5.74, 6) is 0.314. The van der Waals surface area contributed by atoms with Crippen LogP contribution in [-0.4, -0.2) is 11.7 Å². The highest BCUT2D eigenvalue weighted by Gasteiger charge is 2.16. The van der Waals surface area contributed by atoms with Gasteiger partial charge in [0, 0.05) is 16.3 Å². The number of hydrogen-bond donors (Lipinski definition) is 1. The van der Waals surface area contributed by atoms with Gasteiger partial charge < -0.3 is 5.32 Å². The molecule has 1 aliphatic rings. The minimum absolute atomic E-state index is 0.0161. The maximum atomic E-state index is 13.8. The molecule has 27 heavy (non-hydrogen) atoms. The number of aryl methyl sites for hydroxylation is 2. The van der Waals surface area contributed by atoms with E-state index in [1.165, 1.54) is 47.4 Å². The van der Waals surface area contributed by atoms with Gasteiger partial charge in [0.15, 0.2) is 0 Å². The Morgan fingerprint density at radius 1 is 1.22 bits per heavy atom. The molecule has 1 aliphatic carbocycles. The molecule has 1 N–H and O–H groups in total. The molecule has 0 bridgehead atoms. The largest absolute Gasteiger partial charge is 0.349 e. The number of amides is 1. The molecule has 0 fully saturated rings. The normalized spacial score (nSPS) is 14.5. The molecule has 0 heterocycles. The highest BCUT2D eigenvalue weighted by molar-refractivity contribution is 7.99. The Morgan fingerprint density at radius 3 is 2.74 bits per heavy atom. The lowest BCUT2D eigenvalue weighted by Gasteiger charge is -2.21. The van der Waals surface area contributed by atoms with Crippen molar-refractivity contribution in [2.24, 2.45) is 0 Å². The second-order valence-electron chi connectivity index (χ2n) is 6.96. The number of halogens is 2. The van der Waals surface area contributed by atoms with Crippen molar-refractivity contribution in [2.75, 3.05) is 5.75 Å². The molecule has 1 atom stereocenters. The van der Waals surface area contributed by atoms with Crippen molar-refractivity contribution in [1.82, 2.24) is 5.32 Å². The van der Waals surface area contributed by atoms with E-state index in [9.17, 15) is 9.18 Å². The Morgan fingerprint density at radius 2 is 2.00 bits per heavy atom. The van der Waals surface area contributed by atoms with Crippen molar-refractivity contribution in [3.8, 4) is 0 Å². The lowest BCUT2D eigenvalue weighted by Crippen LogP contribution is -2.29. The van der Waals surface area contributed by atoms with E-state index in [1.807, 2.05) is 0 Å². The molecule has 0 aliphatic heterocycles. The van der Waals surface area contributed by atoms with Crippen molar-refractivity contribution in [3.63, 3.8) is 0 Å². The fraction of sp³-hybridized carbons (Fsp3) is 0.409. The maximum absolute atomic E-state index is 13.8. The Labute approximate surface area is 169 Å². The van der Waals surface area contributed by atoms with Crippen LogP contribution in [0.3, 0.4) is 0 Å². The highest BCUT2D eigenvalue weighted by atomic mass is 35.5. The predicted molar refractivity (Wildman–Crippen MR) is 112 cm³/mol. The third-order valence-corrected chi connectivity index (χ3v) is 6.37.